The van der Waals surface area contributed by atoms with E-state index in [1.54, 1.807) is 0 Å². The van der Waals surface area contributed by atoms with Crippen LogP contribution in [0.4, 0.5) is 0 Å². The fraction of sp³-hybridized carbons (Fsp3) is 0.217. The molecule has 0 N–H and O–H groups in total. The molecule has 3 aromatic rings. The number of hydrogen-bond donors (Lipinski definition) is 0. The summed E-state index contributed by atoms with van der Waals surface area (Å²) in [5, 5.41) is 4.29. The lowest BCUT2D eigenvalue weighted by Crippen LogP contribution is -2.01. The molecule has 0 spiro atoms. The Morgan fingerprint density at radius 3 is 2.92 bits per heavy atom. The van der Waals surface area contributed by atoms with Crippen molar-refractivity contribution in [1.29, 1.82) is 0 Å². The molecule has 0 radical (unpaired) electrons. The molecule has 3 heterocycles. The van der Waals surface area contributed by atoms with Crippen molar-refractivity contribution >= 4 is 16.7 Å². The van der Waals surface area contributed by atoms with Gasteiger partial charge in [0.15, 0.2) is 0 Å². The van der Waals surface area contributed by atoms with Crippen LogP contribution in [0.1, 0.15) is 44.1 Å². The Kier molecular flexibility index (Phi) is 3.42. The number of pyridine rings is 2. The van der Waals surface area contributed by atoms with E-state index in [1.165, 1.54) is 39.1 Å². The first-order valence-electron chi connectivity index (χ1n) is 9.21. The molecule has 3 heteroatoms. The highest BCUT2D eigenvalue weighted by atomic mass is 15.2. The summed E-state index contributed by atoms with van der Waals surface area (Å²) >= 11 is 0. The SMILES string of the molecule is CC1=CC(C)CC=C1c1cnc2c(c1)C(c1ccn3nccc3c1)=CC2.[HH]. The minimum Gasteiger partial charge on any atom is -0.260 e. The predicted molar refractivity (Wildman–Crippen MR) is 108 cm³/mol. The first kappa shape index (κ1) is 15.3. The minimum absolute atomic E-state index is 0. The van der Waals surface area contributed by atoms with Crippen LogP contribution in [0.3, 0.4) is 0 Å². The Morgan fingerprint density at radius 2 is 2.04 bits per heavy atom. The lowest BCUT2D eigenvalue weighted by molar-refractivity contribution is 0.732. The summed E-state index contributed by atoms with van der Waals surface area (Å²) < 4.78 is 1.90. The Bertz CT molecular complexity index is 1120. The van der Waals surface area contributed by atoms with Gasteiger partial charge in [-0.2, -0.15) is 5.10 Å². The summed E-state index contributed by atoms with van der Waals surface area (Å²) in [6.45, 7) is 4.48. The van der Waals surface area contributed by atoms with Gasteiger partial charge in [-0.15, -0.1) is 0 Å². The quantitative estimate of drug-likeness (QED) is 0.630. The van der Waals surface area contributed by atoms with E-state index in [9.17, 15) is 0 Å². The van der Waals surface area contributed by atoms with E-state index in [-0.39, 0.29) is 1.43 Å². The normalized spacial score (nSPS) is 19.2. The zero-order valence-electron chi connectivity index (χ0n) is 15.1. The van der Waals surface area contributed by atoms with E-state index < -0.39 is 0 Å². The molecular weight excluding hydrogens is 318 g/mol. The van der Waals surface area contributed by atoms with E-state index in [2.05, 4.69) is 55.4 Å². The summed E-state index contributed by atoms with van der Waals surface area (Å²) in [7, 11) is 0. The molecule has 26 heavy (non-hydrogen) atoms. The third-order valence-electron chi connectivity index (χ3n) is 5.43. The lowest BCUT2D eigenvalue weighted by atomic mass is 9.88. The molecule has 0 aliphatic heterocycles. The number of aromatic nitrogens is 3. The monoisotopic (exact) mass is 341 g/mol. The van der Waals surface area contributed by atoms with E-state index >= 15 is 0 Å². The number of hydrogen-bond acceptors (Lipinski definition) is 2. The molecule has 130 valence electrons. The van der Waals surface area contributed by atoms with Crippen molar-refractivity contribution in [1.82, 2.24) is 14.6 Å². The van der Waals surface area contributed by atoms with Crippen LogP contribution in [0.5, 0.6) is 0 Å². The zero-order valence-corrected chi connectivity index (χ0v) is 15.1. The van der Waals surface area contributed by atoms with Crippen molar-refractivity contribution in [2.75, 3.05) is 0 Å². The van der Waals surface area contributed by atoms with E-state index in [0.717, 1.165) is 18.4 Å². The van der Waals surface area contributed by atoms with Crippen molar-refractivity contribution < 1.29 is 1.43 Å². The van der Waals surface area contributed by atoms with Gasteiger partial charge < -0.3 is 0 Å². The second kappa shape index (κ2) is 5.80. The molecule has 0 fully saturated rings. The largest absolute Gasteiger partial charge is 0.260 e. The van der Waals surface area contributed by atoms with E-state index in [4.69, 9.17) is 4.98 Å². The van der Waals surface area contributed by atoms with Gasteiger partial charge in [0.1, 0.15) is 0 Å². The molecule has 0 amide bonds. The summed E-state index contributed by atoms with van der Waals surface area (Å²) in [6, 6.07) is 8.70. The van der Waals surface area contributed by atoms with E-state index in [1.807, 2.05) is 29.2 Å². The van der Waals surface area contributed by atoms with Crippen LogP contribution in [0.25, 0.3) is 16.7 Å². The second-order valence-electron chi connectivity index (χ2n) is 7.34. The molecular formula is C23H23N3. The number of allylic oxidation sites excluding steroid dienone is 5. The van der Waals surface area contributed by atoms with Gasteiger partial charge >= 0.3 is 0 Å². The van der Waals surface area contributed by atoms with Crippen LogP contribution < -0.4 is 0 Å². The van der Waals surface area contributed by atoms with Crippen LogP contribution in [0, 0.1) is 5.92 Å². The molecule has 2 aliphatic carbocycles. The summed E-state index contributed by atoms with van der Waals surface area (Å²) in [5.74, 6) is 0.624. The fourth-order valence-corrected chi connectivity index (χ4v) is 4.10. The van der Waals surface area contributed by atoms with Gasteiger partial charge in [-0.3, -0.25) is 4.98 Å². The number of nitrogens with zero attached hydrogens (tertiary/aromatic N) is 3. The zero-order chi connectivity index (χ0) is 17.7. The first-order valence-corrected chi connectivity index (χ1v) is 9.21. The molecule has 0 bridgehead atoms. The predicted octanol–water partition coefficient (Wildman–Crippen LogP) is 5.33. The fourth-order valence-electron chi connectivity index (χ4n) is 4.10. The highest BCUT2D eigenvalue weighted by Crippen LogP contribution is 2.36. The topological polar surface area (TPSA) is 30.2 Å². The van der Waals surface area contributed by atoms with Crippen molar-refractivity contribution in [2.24, 2.45) is 5.92 Å². The Hall–Kier alpha value is -2.94. The molecule has 3 aromatic heterocycles. The highest BCUT2D eigenvalue weighted by Gasteiger charge is 2.20. The molecule has 5 rings (SSSR count). The van der Waals surface area contributed by atoms with Crippen LogP contribution in [-0.2, 0) is 6.42 Å². The Morgan fingerprint density at radius 1 is 1.12 bits per heavy atom. The molecule has 0 aromatic carbocycles. The van der Waals surface area contributed by atoms with Gasteiger partial charge in [0.05, 0.1) is 11.2 Å². The van der Waals surface area contributed by atoms with Gasteiger partial charge in [-0.25, -0.2) is 4.52 Å². The van der Waals surface area contributed by atoms with Crippen LogP contribution in [-0.4, -0.2) is 14.6 Å². The van der Waals surface area contributed by atoms with Crippen molar-refractivity contribution in [2.45, 2.75) is 26.7 Å². The lowest BCUT2D eigenvalue weighted by Gasteiger charge is -2.18. The van der Waals surface area contributed by atoms with E-state index in [0.29, 0.717) is 5.92 Å². The van der Waals surface area contributed by atoms with Gasteiger partial charge in [0, 0.05) is 37.6 Å². The molecule has 0 saturated carbocycles. The van der Waals surface area contributed by atoms with Gasteiger partial charge in [0.25, 0.3) is 0 Å². The van der Waals surface area contributed by atoms with Crippen molar-refractivity contribution in [3.63, 3.8) is 0 Å². The summed E-state index contributed by atoms with van der Waals surface area (Å²) in [5.41, 5.74) is 9.97. The average molecular weight is 341 g/mol. The summed E-state index contributed by atoms with van der Waals surface area (Å²) in [6.07, 6.45) is 14.9. The molecule has 1 atom stereocenters. The van der Waals surface area contributed by atoms with Crippen LogP contribution >= 0.6 is 0 Å². The third kappa shape index (κ3) is 2.43. The molecule has 3 nitrogen and oxygen atoms in total. The molecule has 2 aliphatic rings. The van der Waals surface area contributed by atoms with Crippen LogP contribution in [0.2, 0.25) is 0 Å². The van der Waals surface area contributed by atoms with Crippen molar-refractivity contribution in [3.05, 3.63) is 89.0 Å². The Balaban J connectivity index is 0.00000180. The maximum atomic E-state index is 4.78. The summed E-state index contributed by atoms with van der Waals surface area (Å²) in [4.78, 5) is 4.78. The smallest absolute Gasteiger partial charge is 0.0667 e. The van der Waals surface area contributed by atoms with Gasteiger partial charge in [0.2, 0.25) is 0 Å². The van der Waals surface area contributed by atoms with Gasteiger partial charge in [-0.05, 0) is 65.8 Å². The maximum absolute atomic E-state index is 4.78. The van der Waals surface area contributed by atoms with Crippen molar-refractivity contribution in [3.8, 4) is 0 Å². The standard InChI is InChI=1S/C23H21N3.H2/c1-15-3-4-20(16(2)11-15)18-13-22-21(5-6-23(22)24-14-18)17-8-10-26-19(12-17)7-9-25-26;/h4-5,7-15H,3,6H2,1-2H3;1H. The number of fused-ring (bicyclic) bond motifs is 2. The second-order valence-corrected chi connectivity index (χ2v) is 7.34. The maximum Gasteiger partial charge on any atom is 0.0667 e. The highest BCUT2D eigenvalue weighted by molar-refractivity contribution is 5.88. The average Bonchev–Trinajstić information content (AvgIpc) is 3.27. The van der Waals surface area contributed by atoms with Crippen LogP contribution in [0.15, 0.2) is 66.7 Å². The van der Waals surface area contributed by atoms with Gasteiger partial charge in [-0.1, -0.05) is 25.2 Å². The Labute approximate surface area is 154 Å². The molecule has 1 unspecified atom stereocenters. The molecule has 0 saturated heterocycles. The third-order valence-corrected chi connectivity index (χ3v) is 5.43. The number of rotatable bonds is 2. The first-order chi connectivity index (χ1) is 12.7. The minimum atomic E-state index is 0.